The van der Waals surface area contributed by atoms with Crippen molar-refractivity contribution in [1.82, 2.24) is 4.98 Å². The maximum absolute atomic E-state index is 12.1. The lowest BCUT2D eigenvalue weighted by Gasteiger charge is -2.15. The number of amides is 1. The Balaban J connectivity index is 1.76. The molecule has 0 bridgehead atoms. The topological polar surface area (TPSA) is 93.4 Å². The highest BCUT2D eigenvalue weighted by atomic mass is 32.2. The summed E-state index contributed by atoms with van der Waals surface area (Å²) < 4.78 is 22.3. The third-order valence-electron chi connectivity index (χ3n) is 3.80. The first kappa shape index (κ1) is 15.6. The first-order valence-corrected chi connectivity index (χ1v) is 8.96. The zero-order valence-corrected chi connectivity index (χ0v) is 13.2. The number of carbonyl (C=O) groups is 1. The summed E-state index contributed by atoms with van der Waals surface area (Å²) in [5.41, 5.74) is 2.01. The summed E-state index contributed by atoms with van der Waals surface area (Å²) in [6.07, 6.45) is 1.89. The summed E-state index contributed by atoms with van der Waals surface area (Å²) >= 11 is 0. The summed E-state index contributed by atoms with van der Waals surface area (Å²) in [6, 6.07) is 13.5. The van der Waals surface area contributed by atoms with E-state index < -0.39 is 10.0 Å². The molecule has 1 aromatic carbocycles. The molecule has 2 heterocycles. The molecule has 1 atom stereocenters. The molecule has 1 unspecified atom stereocenters. The van der Waals surface area contributed by atoms with Gasteiger partial charge in [0.1, 0.15) is 5.82 Å². The number of aromatic nitrogens is 1. The van der Waals surface area contributed by atoms with E-state index >= 15 is 0 Å². The molecular formula is C16H17N3O3S. The van der Waals surface area contributed by atoms with Gasteiger partial charge in [-0.15, -0.1) is 0 Å². The van der Waals surface area contributed by atoms with Crippen molar-refractivity contribution in [3.8, 4) is 11.1 Å². The molecule has 2 aromatic rings. The van der Waals surface area contributed by atoms with Crippen LogP contribution in [0.15, 0.2) is 48.7 Å². The van der Waals surface area contributed by atoms with Crippen LogP contribution in [-0.2, 0) is 14.8 Å². The van der Waals surface area contributed by atoms with E-state index in [1.165, 1.54) is 4.90 Å². The number of carbonyl (C=O) groups excluding carboxylic acids is 1. The summed E-state index contributed by atoms with van der Waals surface area (Å²) in [5, 5.41) is 5.06. The van der Waals surface area contributed by atoms with Crippen LogP contribution in [0.2, 0.25) is 0 Å². The molecule has 1 amide bonds. The van der Waals surface area contributed by atoms with E-state index in [-0.39, 0.29) is 24.0 Å². The molecule has 6 nitrogen and oxygen atoms in total. The molecule has 1 aromatic heterocycles. The fraction of sp³-hybridized carbons (Fsp3) is 0.250. The van der Waals surface area contributed by atoms with E-state index in [1.807, 2.05) is 36.4 Å². The number of nitrogens with two attached hydrogens (primary N) is 1. The molecule has 7 heteroatoms. The van der Waals surface area contributed by atoms with Gasteiger partial charge in [0.05, 0.1) is 5.75 Å². The maximum Gasteiger partial charge on any atom is 0.228 e. The molecule has 0 spiro atoms. The Bertz CT molecular complexity index is 804. The van der Waals surface area contributed by atoms with Crippen LogP contribution in [0.3, 0.4) is 0 Å². The Morgan fingerprint density at radius 1 is 1.13 bits per heavy atom. The Morgan fingerprint density at radius 2 is 1.87 bits per heavy atom. The summed E-state index contributed by atoms with van der Waals surface area (Å²) in [7, 11) is -3.58. The van der Waals surface area contributed by atoms with Crippen LogP contribution in [0.25, 0.3) is 11.1 Å². The third kappa shape index (κ3) is 3.75. The molecule has 1 saturated heterocycles. The largest absolute Gasteiger partial charge is 0.296 e. The van der Waals surface area contributed by atoms with Gasteiger partial charge in [0, 0.05) is 30.6 Å². The standard InChI is InChI=1S/C16H17N3O3S/c17-23(21,22)11-12-8-16(20)19(10-12)15-7-6-14(9-18-15)13-4-2-1-3-5-13/h1-7,9,12H,8,10-11H2,(H2,17,21,22). The van der Waals surface area contributed by atoms with E-state index in [1.54, 1.807) is 12.3 Å². The lowest BCUT2D eigenvalue weighted by molar-refractivity contribution is -0.117. The van der Waals surface area contributed by atoms with Gasteiger partial charge in [-0.2, -0.15) is 0 Å². The first-order valence-electron chi connectivity index (χ1n) is 7.25. The van der Waals surface area contributed by atoms with E-state index in [9.17, 15) is 13.2 Å². The zero-order chi connectivity index (χ0) is 16.4. The van der Waals surface area contributed by atoms with Crippen LogP contribution in [0, 0.1) is 5.92 Å². The smallest absolute Gasteiger partial charge is 0.228 e. The molecule has 120 valence electrons. The van der Waals surface area contributed by atoms with Crippen molar-refractivity contribution in [2.45, 2.75) is 6.42 Å². The lowest BCUT2D eigenvalue weighted by atomic mass is 10.1. The Morgan fingerprint density at radius 3 is 2.48 bits per heavy atom. The highest BCUT2D eigenvalue weighted by molar-refractivity contribution is 7.89. The number of benzene rings is 1. The van der Waals surface area contributed by atoms with Crippen LogP contribution in [0.4, 0.5) is 5.82 Å². The Kier molecular flexibility index (Phi) is 4.14. The number of hydrogen-bond acceptors (Lipinski definition) is 4. The van der Waals surface area contributed by atoms with Crippen LogP contribution >= 0.6 is 0 Å². The molecule has 0 radical (unpaired) electrons. The van der Waals surface area contributed by atoms with Crippen molar-refractivity contribution in [2.24, 2.45) is 11.1 Å². The van der Waals surface area contributed by atoms with E-state index in [4.69, 9.17) is 5.14 Å². The predicted octanol–water partition coefficient (Wildman–Crippen LogP) is 1.39. The van der Waals surface area contributed by atoms with Gasteiger partial charge in [0.15, 0.2) is 0 Å². The van der Waals surface area contributed by atoms with E-state index in [2.05, 4.69) is 4.98 Å². The first-order chi connectivity index (χ1) is 10.9. The molecule has 23 heavy (non-hydrogen) atoms. The monoisotopic (exact) mass is 331 g/mol. The van der Waals surface area contributed by atoms with Crippen LogP contribution < -0.4 is 10.0 Å². The molecule has 2 N–H and O–H groups in total. The van der Waals surface area contributed by atoms with Crippen molar-refractivity contribution in [1.29, 1.82) is 0 Å². The SMILES string of the molecule is NS(=O)(=O)CC1CC(=O)N(c2ccc(-c3ccccc3)cn2)C1. The number of sulfonamides is 1. The van der Waals surface area contributed by atoms with E-state index in [0.29, 0.717) is 12.4 Å². The molecule has 1 aliphatic rings. The highest BCUT2D eigenvalue weighted by Crippen LogP contribution is 2.26. The minimum Gasteiger partial charge on any atom is -0.296 e. The molecule has 1 fully saturated rings. The third-order valence-corrected chi connectivity index (χ3v) is 4.74. The quantitative estimate of drug-likeness (QED) is 0.916. The second kappa shape index (κ2) is 6.10. The fourth-order valence-electron chi connectivity index (χ4n) is 2.79. The van der Waals surface area contributed by atoms with Gasteiger partial charge in [-0.1, -0.05) is 30.3 Å². The summed E-state index contributed by atoms with van der Waals surface area (Å²) in [5.74, 6) is -0.0598. The highest BCUT2D eigenvalue weighted by Gasteiger charge is 2.33. The number of primary sulfonamides is 1. The van der Waals surface area contributed by atoms with Gasteiger partial charge in [0.2, 0.25) is 15.9 Å². The average molecular weight is 331 g/mol. The minimum atomic E-state index is -3.58. The lowest BCUT2D eigenvalue weighted by Crippen LogP contribution is -2.28. The Labute approximate surface area is 135 Å². The summed E-state index contributed by atoms with van der Waals surface area (Å²) in [4.78, 5) is 17.9. The molecule has 0 saturated carbocycles. The number of anilines is 1. The number of rotatable bonds is 4. The van der Waals surface area contributed by atoms with Crippen LogP contribution in [0.5, 0.6) is 0 Å². The van der Waals surface area contributed by atoms with Gasteiger partial charge in [-0.3, -0.25) is 9.69 Å². The normalized spacial score (nSPS) is 18.4. The number of pyridine rings is 1. The maximum atomic E-state index is 12.1. The van der Waals surface area contributed by atoms with Gasteiger partial charge in [0.25, 0.3) is 0 Å². The van der Waals surface area contributed by atoms with Crippen LogP contribution in [0.1, 0.15) is 6.42 Å². The van der Waals surface area contributed by atoms with Gasteiger partial charge >= 0.3 is 0 Å². The molecule has 0 aliphatic carbocycles. The molecule has 3 rings (SSSR count). The Hall–Kier alpha value is -2.25. The summed E-state index contributed by atoms with van der Waals surface area (Å²) in [6.45, 7) is 0.326. The second-order valence-electron chi connectivity index (χ2n) is 5.68. The van der Waals surface area contributed by atoms with Gasteiger partial charge in [-0.05, 0) is 17.7 Å². The van der Waals surface area contributed by atoms with Crippen LogP contribution in [-0.4, -0.2) is 31.6 Å². The fourth-order valence-corrected chi connectivity index (χ4v) is 3.67. The van der Waals surface area contributed by atoms with Crippen molar-refractivity contribution in [2.75, 3.05) is 17.2 Å². The molecular weight excluding hydrogens is 314 g/mol. The minimum absolute atomic E-state index is 0.126. The van der Waals surface area contributed by atoms with E-state index in [0.717, 1.165) is 11.1 Å². The zero-order valence-electron chi connectivity index (χ0n) is 12.4. The van der Waals surface area contributed by atoms with Gasteiger partial charge < -0.3 is 0 Å². The molecule has 1 aliphatic heterocycles. The van der Waals surface area contributed by atoms with Crippen molar-refractivity contribution in [3.63, 3.8) is 0 Å². The van der Waals surface area contributed by atoms with Gasteiger partial charge in [-0.25, -0.2) is 18.5 Å². The number of hydrogen-bond donors (Lipinski definition) is 1. The predicted molar refractivity (Wildman–Crippen MR) is 88.1 cm³/mol. The van der Waals surface area contributed by atoms with Crippen molar-refractivity contribution in [3.05, 3.63) is 48.7 Å². The van der Waals surface area contributed by atoms with Crippen molar-refractivity contribution >= 4 is 21.7 Å². The average Bonchev–Trinajstić information content (AvgIpc) is 2.87. The number of nitrogens with zero attached hydrogens (tertiary/aromatic N) is 2. The second-order valence-corrected chi connectivity index (χ2v) is 7.33. The van der Waals surface area contributed by atoms with Crippen molar-refractivity contribution < 1.29 is 13.2 Å².